The van der Waals surface area contributed by atoms with E-state index in [0.717, 1.165) is 35.2 Å². The Morgan fingerprint density at radius 1 is 1.10 bits per heavy atom. The standard InChI is InChI=1S/C25H23F2N3O/c1-2-11-30-14-18(12-16-3-7-19(26)8-4-16)24-22(15-30)23(21(13-28)25(29)31-24)17-5-9-20(27)10-6-17/h3-10,12,23H,2,11,14-15,29H2,1H3/b18-12+/t23-/m0/s1. The van der Waals surface area contributed by atoms with Gasteiger partial charge in [-0.15, -0.1) is 0 Å². The zero-order chi connectivity index (χ0) is 22.0. The Hall–Kier alpha value is -3.43. The van der Waals surface area contributed by atoms with Crippen LogP contribution in [0.25, 0.3) is 6.08 Å². The molecule has 0 unspecified atom stereocenters. The predicted molar refractivity (Wildman–Crippen MR) is 115 cm³/mol. The Balaban J connectivity index is 1.85. The molecule has 4 nitrogen and oxygen atoms in total. The number of benzene rings is 2. The molecule has 2 aliphatic rings. The average Bonchev–Trinajstić information content (AvgIpc) is 2.76. The molecule has 2 aromatic rings. The van der Waals surface area contributed by atoms with Gasteiger partial charge in [0, 0.05) is 18.7 Å². The summed E-state index contributed by atoms with van der Waals surface area (Å²) < 4.78 is 32.9. The third-order valence-corrected chi connectivity index (χ3v) is 5.56. The van der Waals surface area contributed by atoms with E-state index in [1.165, 1.54) is 24.3 Å². The number of nitriles is 1. The SMILES string of the molecule is CCCN1CC2=C(OC(N)=C(C#N)[C@@H]2c2ccc(F)cc2)/C(=C/c2ccc(F)cc2)C1. The molecule has 2 heterocycles. The van der Waals surface area contributed by atoms with Crippen LogP contribution in [0.2, 0.25) is 0 Å². The largest absolute Gasteiger partial charge is 0.440 e. The van der Waals surface area contributed by atoms with Gasteiger partial charge < -0.3 is 10.5 Å². The summed E-state index contributed by atoms with van der Waals surface area (Å²) >= 11 is 0. The van der Waals surface area contributed by atoms with Crippen molar-refractivity contribution in [3.05, 3.63) is 99.7 Å². The van der Waals surface area contributed by atoms with Gasteiger partial charge in [0.1, 0.15) is 29.0 Å². The van der Waals surface area contributed by atoms with Crippen molar-refractivity contribution in [2.75, 3.05) is 19.6 Å². The Bertz CT molecular complexity index is 1110. The van der Waals surface area contributed by atoms with Gasteiger partial charge in [-0.25, -0.2) is 8.78 Å². The summed E-state index contributed by atoms with van der Waals surface area (Å²) in [5.74, 6) is -0.347. The van der Waals surface area contributed by atoms with Gasteiger partial charge in [0.2, 0.25) is 5.88 Å². The number of halogens is 2. The van der Waals surface area contributed by atoms with E-state index >= 15 is 0 Å². The molecule has 2 aromatic carbocycles. The normalized spacial score (nSPS) is 20.5. The van der Waals surface area contributed by atoms with Gasteiger partial charge in [0.25, 0.3) is 0 Å². The van der Waals surface area contributed by atoms with Gasteiger partial charge in [-0.3, -0.25) is 4.90 Å². The minimum absolute atomic E-state index is 0.0597. The van der Waals surface area contributed by atoms with Gasteiger partial charge in [-0.2, -0.15) is 5.26 Å². The van der Waals surface area contributed by atoms with Crippen LogP contribution in [0.1, 0.15) is 30.4 Å². The van der Waals surface area contributed by atoms with Crippen LogP contribution in [0.4, 0.5) is 8.78 Å². The van der Waals surface area contributed by atoms with Crippen LogP contribution >= 0.6 is 0 Å². The van der Waals surface area contributed by atoms with E-state index < -0.39 is 5.92 Å². The Kier molecular flexibility index (Phi) is 5.88. The number of nitrogens with two attached hydrogens (primary N) is 1. The van der Waals surface area contributed by atoms with Crippen molar-refractivity contribution in [2.24, 2.45) is 5.73 Å². The minimum Gasteiger partial charge on any atom is -0.440 e. The third-order valence-electron chi connectivity index (χ3n) is 5.56. The molecule has 158 valence electrons. The first kappa shape index (κ1) is 20.8. The zero-order valence-corrected chi connectivity index (χ0v) is 17.2. The molecule has 31 heavy (non-hydrogen) atoms. The molecule has 0 saturated heterocycles. The van der Waals surface area contributed by atoms with Crippen molar-refractivity contribution in [3.8, 4) is 6.07 Å². The molecule has 0 aromatic heterocycles. The van der Waals surface area contributed by atoms with Crippen molar-refractivity contribution < 1.29 is 13.5 Å². The maximum absolute atomic E-state index is 13.6. The van der Waals surface area contributed by atoms with Crippen molar-refractivity contribution >= 4 is 6.08 Å². The summed E-state index contributed by atoms with van der Waals surface area (Å²) in [5, 5.41) is 9.81. The molecule has 0 radical (unpaired) electrons. The first-order valence-corrected chi connectivity index (χ1v) is 10.2. The molecule has 2 aliphatic heterocycles. The Morgan fingerprint density at radius 3 is 2.35 bits per heavy atom. The summed E-state index contributed by atoms with van der Waals surface area (Å²) in [6.07, 6.45) is 2.93. The second-order valence-electron chi connectivity index (χ2n) is 7.76. The van der Waals surface area contributed by atoms with Gasteiger partial charge in [-0.05, 0) is 60.0 Å². The predicted octanol–water partition coefficient (Wildman–Crippen LogP) is 4.84. The molecule has 6 heteroatoms. The van der Waals surface area contributed by atoms with Crippen LogP contribution in [0, 0.1) is 23.0 Å². The zero-order valence-electron chi connectivity index (χ0n) is 17.2. The molecule has 0 bridgehead atoms. The summed E-state index contributed by atoms with van der Waals surface area (Å²) in [6.45, 7) is 4.25. The number of nitrogens with zero attached hydrogens (tertiary/aromatic N) is 2. The van der Waals surface area contributed by atoms with Crippen molar-refractivity contribution in [3.63, 3.8) is 0 Å². The smallest absolute Gasteiger partial charge is 0.205 e. The van der Waals surface area contributed by atoms with Crippen LogP contribution in [0.3, 0.4) is 0 Å². The number of rotatable bonds is 4. The van der Waals surface area contributed by atoms with Gasteiger partial charge in [0.05, 0.1) is 5.92 Å². The molecule has 1 atom stereocenters. The highest BCUT2D eigenvalue weighted by atomic mass is 19.1. The van der Waals surface area contributed by atoms with E-state index in [4.69, 9.17) is 10.5 Å². The second kappa shape index (κ2) is 8.75. The molecular weight excluding hydrogens is 396 g/mol. The molecule has 0 saturated carbocycles. The number of allylic oxidation sites excluding steroid dienone is 1. The molecule has 0 spiro atoms. The Morgan fingerprint density at radius 2 is 1.74 bits per heavy atom. The first-order chi connectivity index (χ1) is 15.0. The molecule has 0 amide bonds. The maximum Gasteiger partial charge on any atom is 0.205 e. The summed E-state index contributed by atoms with van der Waals surface area (Å²) in [4.78, 5) is 2.28. The average molecular weight is 419 g/mol. The van der Waals surface area contributed by atoms with Crippen LogP contribution < -0.4 is 5.73 Å². The van der Waals surface area contributed by atoms with Gasteiger partial charge >= 0.3 is 0 Å². The molecule has 4 rings (SSSR count). The number of hydrogen-bond acceptors (Lipinski definition) is 4. The fourth-order valence-corrected chi connectivity index (χ4v) is 4.21. The summed E-state index contributed by atoms with van der Waals surface area (Å²) in [6, 6.07) is 14.6. The number of hydrogen-bond donors (Lipinski definition) is 1. The minimum atomic E-state index is -0.411. The van der Waals surface area contributed by atoms with E-state index in [9.17, 15) is 14.0 Å². The first-order valence-electron chi connectivity index (χ1n) is 10.2. The number of ether oxygens (including phenoxy) is 1. The van der Waals surface area contributed by atoms with Crippen LogP contribution in [-0.2, 0) is 4.74 Å². The lowest BCUT2D eigenvalue weighted by atomic mass is 9.80. The molecule has 0 aliphatic carbocycles. The highest BCUT2D eigenvalue weighted by Crippen LogP contribution is 2.43. The summed E-state index contributed by atoms with van der Waals surface area (Å²) in [5.41, 5.74) is 9.95. The maximum atomic E-state index is 13.6. The lowest BCUT2D eigenvalue weighted by Crippen LogP contribution is -2.38. The van der Waals surface area contributed by atoms with E-state index in [-0.39, 0.29) is 17.5 Å². The monoisotopic (exact) mass is 419 g/mol. The lowest BCUT2D eigenvalue weighted by Gasteiger charge is -2.38. The summed E-state index contributed by atoms with van der Waals surface area (Å²) in [7, 11) is 0. The highest BCUT2D eigenvalue weighted by Gasteiger charge is 2.37. The van der Waals surface area contributed by atoms with E-state index in [1.807, 2.05) is 6.08 Å². The fourth-order valence-electron chi connectivity index (χ4n) is 4.21. The van der Waals surface area contributed by atoms with Crippen LogP contribution in [-0.4, -0.2) is 24.5 Å². The topological polar surface area (TPSA) is 62.3 Å². The fraction of sp³-hybridized carbons (Fsp3) is 0.240. The quantitative estimate of drug-likeness (QED) is 0.771. The second-order valence-corrected chi connectivity index (χ2v) is 7.76. The van der Waals surface area contributed by atoms with Crippen LogP contribution in [0.15, 0.2) is 76.9 Å². The molecule has 2 N–H and O–H groups in total. The van der Waals surface area contributed by atoms with Crippen molar-refractivity contribution in [2.45, 2.75) is 19.3 Å². The van der Waals surface area contributed by atoms with Crippen LogP contribution in [0.5, 0.6) is 0 Å². The Labute approximate surface area is 180 Å². The van der Waals surface area contributed by atoms with Crippen molar-refractivity contribution in [1.82, 2.24) is 4.90 Å². The van der Waals surface area contributed by atoms with E-state index in [0.29, 0.717) is 24.4 Å². The lowest BCUT2D eigenvalue weighted by molar-refractivity contribution is 0.234. The molecule has 0 fully saturated rings. The van der Waals surface area contributed by atoms with Crippen molar-refractivity contribution in [1.29, 1.82) is 5.26 Å². The van der Waals surface area contributed by atoms with E-state index in [2.05, 4.69) is 17.9 Å². The van der Waals surface area contributed by atoms with Gasteiger partial charge in [-0.1, -0.05) is 31.2 Å². The van der Waals surface area contributed by atoms with E-state index in [1.54, 1.807) is 24.3 Å². The highest BCUT2D eigenvalue weighted by molar-refractivity contribution is 5.63. The third kappa shape index (κ3) is 4.23. The van der Waals surface area contributed by atoms with Gasteiger partial charge in [0.15, 0.2) is 0 Å². The molecular formula is C25H23F2N3O.